The third-order valence-electron chi connectivity index (χ3n) is 3.14. The second kappa shape index (κ2) is 6.70. The lowest BCUT2D eigenvalue weighted by molar-refractivity contribution is -0.117. The molecule has 4 nitrogen and oxygen atoms in total. The molecule has 1 atom stereocenters. The molecule has 2 rings (SSSR count). The van der Waals surface area contributed by atoms with Crippen LogP contribution in [0.25, 0.3) is 0 Å². The second-order valence-electron chi connectivity index (χ2n) is 4.59. The Bertz CT molecular complexity index is 710. The van der Waals surface area contributed by atoms with Gasteiger partial charge in [0.15, 0.2) is 5.82 Å². The molecular weight excluding hydrogens is 314 g/mol. The van der Waals surface area contributed by atoms with Crippen molar-refractivity contribution in [2.45, 2.75) is 12.8 Å². The highest BCUT2D eigenvalue weighted by molar-refractivity contribution is 6.31. The minimum absolute atomic E-state index is 0.139. The van der Waals surface area contributed by atoms with Crippen molar-refractivity contribution < 1.29 is 18.3 Å². The minimum Gasteiger partial charge on any atom is -0.494 e. The van der Waals surface area contributed by atoms with Gasteiger partial charge in [-0.05, 0) is 30.7 Å². The largest absolute Gasteiger partial charge is 0.494 e. The third-order valence-corrected chi connectivity index (χ3v) is 3.44. The number of nitrogens with one attached hydrogen (secondary N) is 1. The van der Waals surface area contributed by atoms with Gasteiger partial charge in [-0.25, -0.2) is 8.78 Å². The molecule has 0 spiro atoms. The Labute approximate surface area is 131 Å². The maximum Gasteiger partial charge on any atom is 0.231 e. The SMILES string of the molecule is COc1ccc(Cl)c(F)c1NC(=O)C(C)c1cncc(F)c1. The van der Waals surface area contributed by atoms with Gasteiger partial charge < -0.3 is 10.1 Å². The van der Waals surface area contributed by atoms with E-state index in [9.17, 15) is 13.6 Å². The van der Waals surface area contributed by atoms with Crippen molar-refractivity contribution in [3.63, 3.8) is 0 Å². The average molecular weight is 327 g/mol. The Morgan fingerprint density at radius 2 is 2.09 bits per heavy atom. The molecule has 0 saturated carbocycles. The number of hydrogen-bond donors (Lipinski definition) is 1. The van der Waals surface area contributed by atoms with Crippen molar-refractivity contribution in [1.29, 1.82) is 0 Å². The molecule has 22 heavy (non-hydrogen) atoms. The van der Waals surface area contributed by atoms with Crippen LogP contribution in [0.5, 0.6) is 5.75 Å². The van der Waals surface area contributed by atoms with Crippen LogP contribution in [0.15, 0.2) is 30.6 Å². The van der Waals surface area contributed by atoms with Crippen molar-refractivity contribution in [3.05, 3.63) is 52.8 Å². The van der Waals surface area contributed by atoms with Gasteiger partial charge >= 0.3 is 0 Å². The fourth-order valence-corrected chi connectivity index (χ4v) is 2.02. The Morgan fingerprint density at radius 1 is 1.36 bits per heavy atom. The van der Waals surface area contributed by atoms with Gasteiger partial charge in [-0.1, -0.05) is 11.6 Å². The van der Waals surface area contributed by atoms with Crippen molar-refractivity contribution in [2.75, 3.05) is 12.4 Å². The van der Waals surface area contributed by atoms with Crippen LogP contribution in [0.3, 0.4) is 0 Å². The molecular formula is C15H13ClF2N2O2. The van der Waals surface area contributed by atoms with Crippen molar-refractivity contribution in [1.82, 2.24) is 4.98 Å². The van der Waals surface area contributed by atoms with Gasteiger partial charge in [0.05, 0.1) is 24.2 Å². The normalized spacial score (nSPS) is 11.9. The number of hydrogen-bond acceptors (Lipinski definition) is 3. The Kier molecular flexibility index (Phi) is 4.92. The number of nitrogens with zero attached hydrogens (tertiary/aromatic N) is 1. The number of amides is 1. The molecule has 0 radical (unpaired) electrons. The number of carbonyl (C=O) groups is 1. The Hall–Kier alpha value is -2.21. The van der Waals surface area contributed by atoms with Gasteiger partial charge in [-0.3, -0.25) is 9.78 Å². The van der Waals surface area contributed by atoms with Crippen LogP contribution in [0.4, 0.5) is 14.5 Å². The van der Waals surface area contributed by atoms with Crippen LogP contribution >= 0.6 is 11.6 Å². The first-order chi connectivity index (χ1) is 10.4. The van der Waals surface area contributed by atoms with Crippen LogP contribution in [-0.2, 0) is 4.79 Å². The quantitative estimate of drug-likeness (QED) is 0.930. The number of methoxy groups -OCH3 is 1. The summed E-state index contributed by atoms with van der Waals surface area (Å²) in [6.07, 6.45) is 2.41. The Balaban J connectivity index is 2.27. The Morgan fingerprint density at radius 3 is 2.73 bits per heavy atom. The number of carbonyl (C=O) groups excluding carboxylic acids is 1. The summed E-state index contributed by atoms with van der Waals surface area (Å²) in [6.45, 7) is 1.56. The molecule has 2 aromatic rings. The van der Waals surface area contributed by atoms with E-state index in [4.69, 9.17) is 16.3 Å². The molecule has 7 heteroatoms. The molecule has 116 valence electrons. The van der Waals surface area contributed by atoms with E-state index in [1.807, 2.05) is 0 Å². The van der Waals surface area contributed by atoms with Gasteiger partial charge in [-0.2, -0.15) is 0 Å². The van der Waals surface area contributed by atoms with E-state index in [0.29, 0.717) is 5.56 Å². The van der Waals surface area contributed by atoms with Crippen LogP contribution in [-0.4, -0.2) is 18.0 Å². The molecule has 0 saturated heterocycles. The molecule has 0 bridgehead atoms. The number of anilines is 1. The molecule has 0 aliphatic heterocycles. The highest BCUT2D eigenvalue weighted by atomic mass is 35.5. The summed E-state index contributed by atoms with van der Waals surface area (Å²) >= 11 is 5.70. The predicted molar refractivity (Wildman–Crippen MR) is 79.2 cm³/mol. The zero-order chi connectivity index (χ0) is 16.3. The van der Waals surface area contributed by atoms with Crippen LogP contribution in [0.2, 0.25) is 5.02 Å². The highest BCUT2D eigenvalue weighted by Gasteiger charge is 2.21. The number of benzene rings is 1. The zero-order valence-corrected chi connectivity index (χ0v) is 12.6. The van der Waals surface area contributed by atoms with E-state index >= 15 is 0 Å². The van der Waals surface area contributed by atoms with E-state index < -0.39 is 23.5 Å². The van der Waals surface area contributed by atoms with E-state index in [0.717, 1.165) is 6.20 Å². The number of ether oxygens (including phenoxy) is 1. The lowest BCUT2D eigenvalue weighted by Gasteiger charge is -2.15. The molecule has 0 aliphatic carbocycles. The summed E-state index contributed by atoms with van der Waals surface area (Å²) in [5.41, 5.74) is 0.218. The smallest absolute Gasteiger partial charge is 0.231 e. The first kappa shape index (κ1) is 16.2. The maximum absolute atomic E-state index is 14.0. The first-order valence-electron chi connectivity index (χ1n) is 6.37. The standard InChI is InChI=1S/C15H13ClF2N2O2/c1-8(9-5-10(17)7-19-6-9)15(21)20-14-12(22-2)4-3-11(16)13(14)18/h3-8H,1-2H3,(H,20,21). The van der Waals surface area contributed by atoms with Crippen molar-refractivity contribution >= 4 is 23.2 Å². The molecule has 1 amide bonds. The number of rotatable bonds is 4. The highest BCUT2D eigenvalue weighted by Crippen LogP contribution is 2.33. The molecule has 0 fully saturated rings. The molecule has 0 aliphatic rings. The van der Waals surface area contributed by atoms with Crippen LogP contribution in [0.1, 0.15) is 18.4 Å². The van der Waals surface area contributed by atoms with Crippen molar-refractivity contribution in [2.24, 2.45) is 0 Å². The molecule has 1 heterocycles. The lowest BCUT2D eigenvalue weighted by Crippen LogP contribution is -2.20. The molecule has 1 aromatic carbocycles. The first-order valence-corrected chi connectivity index (χ1v) is 6.75. The second-order valence-corrected chi connectivity index (χ2v) is 4.99. The van der Waals surface area contributed by atoms with Gasteiger partial charge in [0, 0.05) is 6.20 Å². The van der Waals surface area contributed by atoms with Gasteiger partial charge in [0.2, 0.25) is 5.91 Å². The zero-order valence-electron chi connectivity index (χ0n) is 11.9. The topological polar surface area (TPSA) is 51.2 Å². The van der Waals surface area contributed by atoms with E-state index in [1.54, 1.807) is 6.92 Å². The predicted octanol–water partition coefficient (Wildman–Crippen LogP) is 3.76. The monoisotopic (exact) mass is 326 g/mol. The summed E-state index contributed by atoms with van der Waals surface area (Å²) in [4.78, 5) is 15.9. The van der Waals surface area contributed by atoms with Crippen molar-refractivity contribution in [3.8, 4) is 5.75 Å². The van der Waals surface area contributed by atoms with Crippen LogP contribution < -0.4 is 10.1 Å². The summed E-state index contributed by atoms with van der Waals surface area (Å²) in [5.74, 6) is -2.47. The van der Waals surface area contributed by atoms with E-state index in [-0.39, 0.29) is 16.5 Å². The van der Waals surface area contributed by atoms with Gasteiger partial charge in [-0.15, -0.1) is 0 Å². The maximum atomic E-state index is 14.0. The van der Waals surface area contributed by atoms with E-state index in [2.05, 4.69) is 10.3 Å². The molecule has 1 aromatic heterocycles. The average Bonchev–Trinajstić information content (AvgIpc) is 2.51. The summed E-state index contributed by atoms with van der Waals surface area (Å²) in [7, 11) is 1.35. The summed E-state index contributed by atoms with van der Waals surface area (Å²) < 4.78 is 32.2. The minimum atomic E-state index is -0.793. The van der Waals surface area contributed by atoms with E-state index in [1.165, 1.54) is 31.5 Å². The number of halogens is 3. The number of aromatic nitrogens is 1. The fourth-order valence-electron chi connectivity index (χ4n) is 1.87. The van der Waals surface area contributed by atoms with Crippen LogP contribution in [0, 0.1) is 11.6 Å². The molecule has 1 unspecified atom stereocenters. The van der Waals surface area contributed by atoms with Gasteiger partial charge in [0.25, 0.3) is 0 Å². The number of pyridine rings is 1. The fraction of sp³-hybridized carbons (Fsp3) is 0.200. The summed E-state index contributed by atoms with van der Waals surface area (Å²) in [5, 5.41) is 2.27. The summed E-state index contributed by atoms with van der Waals surface area (Å²) in [6, 6.07) is 3.96. The third kappa shape index (κ3) is 3.33. The molecule has 1 N–H and O–H groups in total. The van der Waals surface area contributed by atoms with Gasteiger partial charge in [0.1, 0.15) is 17.3 Å². The lowest BCUT2D eigenvalue weighted by atomic mass is 10.0.